The minimum atomic E-state index is -0.906. The van der Waals surface area contributed by atoms with Gasteiger partial charge in [-0.3, -0.25) is 9.79 Å². The van der Waals surface area contributed by atoms with E-state index in [9.17, 15) is 19.5 Å². The highest BCUT2D eigenvalue weighted by Gasteiger charge is 2.34. The van der Waals surface area contributed by atoms with Crippen LogP contribution in [0.15, 0.2) is 39.8 Å². The number of rotatable bonds is 4. The smallest absolute Gasteiger partial charge is 0.437 e. The number of aliphatic imine (C=N–C) groups is 2. The van der Waals surface area contributed by atoms with Crippen LogP contribution in [-0.4, -0.2) is 73.7 Å². The number of hydrogen-bond donors (Lipinski definition) is 1. The van der Waals surface area contributed by atoms with E-state index >= 15 is 0 Å². The van der Waals surface area contributed by atoms with Gasteiger partial charge in [-0.15, -0.1) is 4.99 Å². The molecule has 0 unspecified atom stereocenters. The zero-order valence-corrected chi connectivity index (χ0v) is 23.3. The SMILES string of the molecule is CC(=NCCN(C(=O)OC(C)(C)C)C(=NC(=O)OC(C)(C)C)n1cccn1)C1=C(O)CC(C)(C)CC1=O. The van der Waals surface area contributed by atoms with Crippen molar-refractivity contribution in [3.05, 3.63) is 29.8 Å². The summed E-state index contributed by atoms with van der Waals surface area (Å²) in [5.41, 5.74) is -1.38. The Kier molecular flexibility index (Phi) is 9.05. The van der Waals surface area contributed by atoms with Gasteiger partial charge in [0.15, 0.2) is 5.78 Å². The topological polar surface area (TPSA) is 136 Å². The molecule has 1 aliphatic rings. The maximum atomic E-state index is 13.2. The quantitative estimate of drug-likeness (QED) is 0.442. The summed E-state index contributed by atoms with van der Waals surface area (Å²) in [6.07, 6.45) is 2.01. The number of ether oxygens (including phenoxy) is 2. The third kappa shape index (κ3) is 9.14. The Hall–Kier alpha value is -3.50. The van der Waals surface area contributed by atoms with Gasteiger partial charge in [-0.2, -0.15) is 5.10 Å². The largest absolute Gasteiger partial charge is 0.511 e. The lowest BCUT2D eigenvalue weighted by molar-refractivity contribution is -0.118. The van der Waals surface area contributed by atoms with E-state index in [1.807, 2.05) is 13.8 Å². The molecule has 1 aliphatic carbocycles. The third-order valence-corrected chi connectivity index (χ3v) is 5.04. The Labute approximate surface area is 218 Å². The molecule has 0 saturated heterocycles. The highest BCUT2D eigenvalue weighted by Crippen LogP contribution is 2.36. The van der Waals surface area contributed by atoms with Crippen LogP contribution in [0.2, 0.25) is 0 Å². The van der Waals surface area contributed by atoms with Crippen molar-refractivity contribution in [1.29, 1.82) is 0 Å². The molecule has 0 aliphatic heterocycles. The Bertz CT molecular complexity index is 1100. The summed E-state index contributed by atoms with van der Waals surface area (Å²) >= 11 is 0. The van der Waals surface area contributed by atoms with Crippen LogP contribution in [0.25, 0.3) is 0 Å². The molecule has 1 N–H and O–H groups in total. The summed E-state index contributed by atoms with van der Waals surface area (Å²) in [4.78, 5) is 48.0. The van der Waals surface area contributed by atoms with Gasteiger partial charge in [0.25, 0.3) is 0 Å². The molecular weight excluding hydrogens is 478 g/mol. The molecule has 11 heteroatoms. The predicted octanol–water partition coefficient (Wildman–Crippen LogP) is 4.92. The van der Waals surface area contributed by atoms with Crippen LogP contribution in [0.1, 0.15) is 75.2 Å². The number of carbonyl (C=O) groups is 3. The maximum absolute atomic E-state index is 13.2. The van der Waals surface area contributed by atoms with E-state index in [1.165, 1.54) is 17.1 Å². The number of hydrogen-bond acceptors (Lipinski definition) is 8. The Balaban J connectivity index is 2.41. The molecule has 0 bridgehead atoms. The van der Waals surface area contributed by atoms with Gasteiger partial charge in [-0.05, 0) is 59.9 Å². The molecule has 204 valence electrons. The monoisotopic (exact) mass is 517 g/mol. The first-order chi connectivity index (χ1) is 16.9. The lowest BCUT2D eigenvalue weighted by atomic mass is 9.76. The zero-order valence-electron chi connectivity index (χ0n) is 23.3. The third-order valence-electron chi connectivity index (χ3n) is 5.04. The van der Waals surface area contributed by atoms with Crippen molar-refractivity contribution in [2.24, 2.45) is 15.4 Å². The van der Waals surface area contributed by atoms with Gasteiger partial charge in [-0.1, -0.05) is 13.8 Å². The van der Waals surface area contributed by atoms with E-state index in [1.54, 1.807) is 54.5 Å². The number of carbonyl (C=O) groups excluding carboxylic acids is 3. The normalized spacial score (nSPS) is 17.1. The van der Waals surface area contributed by atoms with Crippen LogP contribution in [0.4, 0.5) is 9.59 Å². The Morgan fingerprint density at radius 1 is 1.14 bits per heavy atom. The number of ketones is 1. The van der Waals surface area contributed by atoms with Gasteiger partial charge in [0, 0.05) is 30.9 Å². The minimum Gasteiger partial charge on any atom is -0.511 e. The second-order valence-corrected chi connectivity index (χ2v) is 11.7. The van der Waals surface area contributed by atoms with E-state index in [2.05, 4.69) is 15.1 Å². The number of Topliss-reactive ketones (excluding diaryl/α,β-unsaturated/α-hetero) is 1. The first-order valence-corrected chi connectivity index (χ1v) is 12.2. The molecule has 0 saturated carbocycles. The molecule has 0 atom stereocenters. The first kappa shape index (κ1) is 29.7. The highest BCUT2D eigenvalue weighted by molar-refractivity contribution is 6.22. The van der Waals surface area contributed by atoms with Gasteiger partial charge < -0.3 is 14.6 Å². The summed E-state index contributed by atoms with van der Waals surface area (Å²) in [5, 5.41) is 14.6. The fourth-order valence-electron chi connectivity index (χ4n) is 3.67. The summed E-state index contributed by atoms with van der Waals surface area (Å²) < 4.78 is 12.1. The number of aliphatic hydroxyl groups is 1. The molecule has 11 nitrogen and oxygen atoms in total. The van der Waals surface area contributed by atoms with E-state index in [0.717, 1.165) is 4.90 Å². The second kappa shape index (κ2) is 11.3. The first-order valence-electron chi connectivity index (χ1n) is 12.2. The van der Waals surface area contributed by atoms with Crippen molar-refractivity contribution in [2.75, 3.05) is 13.1 Å². The van der Waals surface area contributed by atoms with Crippen molar-refractivity contribution in [1.82, 2.24) is 14.7 Å². The molecule has 2 rings (SSSR count). The van der Waals surface area contributed by atoms with Crippen molar-refractivity contribution in [3.8, 4) is 0 Å². The maximum Gasteiger partial charge on any atom is 0.437 e. The number of allylic oxidation sites excluding steroid dienone is 2. The van der Waals surface area contributed by atoms with E-state index < -0.39 is 23.4 Å². The van der Waals surface area contributed by atoms with E-state index in [-0.39, 0.29) is 41.6 Å². The lowest BCUT2D eigenvalue weighted by Crippen LogP contribution is -2.46. The Morgan fingerprint density at radius 2 is 1.76 bits per heavy atom. The van der Waals surface area contributed by atoms with Crippen LogP contribution >= 0.6 is 0 Å². The van der Waals surface area contributed by atoms with E-state index in [4.69, 9.17) is 9.47 Å². The van der Waals surface area contributed by atoms with Crippen LogP contribution in [-0.2, 0) is 14.3 Å². The fraction of sp³-hybridized carbons (Fsp3) is 0.615. The number of amides is 2. The van der Waals surface area contributed by atoms with E-state index in [0.29, 0.717) is 18.6 Å². The minimum absolute atomic E-state index is 0.00946. The molecular formula is C26H39N5O6. The molecule has 0 spiro atoms. The molecule has 0 aromatic carbocycles. The van der Waals surface area contributed by atoms with Gasteiger partial charge >= 0.3 is 12.2 Å². The fourth-order valence-corrected chi connectivity index (χ4v) is 3.67. The number of aromatic nitrogens is 2. The highest BCUT2D eigenvalue weighted by atomic mass is 16.6. The molecule has 2 amide bonds. The van der Waals surface area contributed by atoms with Gasteiger partial charge in [-0.25, -0.2) is 19.2 Å². The average Bonchev–Trinajstić information content (AvgIpc) is 3.20. The van der Waals surface area contributed by atoms with Crippen LogP contribution in [0.3, 0.4) is 0 Å². The number of aliphatic hydroxyl groups excluding tert-OH is 1. The standard InChI is InChI=1S/C26H39N5O6/c1-17(20-18(32)15-26(8,9)16-19(20)33)27-12-14-30(23(35)37-25(5,6)7)21(31-13-10-11-28-31)29-22(34)36-24(2,3)4/h10-11,13,32H,12,14-16H2,1-9H3. The summed E-state index contributed by atoms with van der Waals surface area (Å²) in [6, 6.07) is 1.62. The lowest BCUT2D eigenvalue weighted by Gasteiger charge is -2.29. The molecule has 0 radical (unpaired) electrons. The van der Waals surface area contributed by atoms with Crippen molar-refractivity contribution in [2.45, 2.75) is 86.4 Å². The average molecular weight is 518 g/mol. The van der Waals surface area contributed by atoms with Crippen LogP contribution in [0.5, 0.6) is 0 Å². The Morgan fingerprint density at radius 3 is 2.27 bits per heavy atom. The van der Waals surface area contributed by atoms with Gasteiger partial charge in [0.1, 0.15) is 17.0 Å². The van der Waals surface area contributed by atoms with Gasteiger partial charge in [0.2, 0.25) is 5.96 Å². The van der Waals surface area contributed by atoms with Crippen LogP contribution < -0.4 is 0 Å². The number of nitrogens with zero attached hydrogens (tertiary/aromatic N) is 5. The molecule has 1 aromatic rings. The summed E-state index contributed by atoms with van der Waals surface area (Å²) in [5.74, 6) is -0.295. The van der Waals surface area contributed by atoms with Crippen molar-refractivity contribution >= 4 is 29.6 Å². The predicted molar refractivity (Wildman–Crippen MR) is 140 cm³/mol. The molecule has 1 aromatic heterocycles. The molecule has 1 heterocycles. The van der Waals surface area contributed by atoms with Crippen molar-refractivity contribution < 1.29 is 29.0 Å². The summed E-state index contributed by atoms with van der Waals surface area (Å²) in [7, 11) is 0. The molecule has 0 fully saturated rings. The van der Waals surface area contributed by atoms with Crippen LogP contribution in [0, 0.1) is 5.41 Å². The molecule has 37 heavy (non-hydrogen) atoms. The zero-order chi connectivity index (χ0) is 28.2. The second-order valence-electron chi connectivity index (χ2n) is 11.7. The van der Waals surface area contributed by atoms with Crippen molar-refractivity contribution in [3.63, 3.8) is 0 Å². The summed E-state index contributed by atoms with van der Waals surface area (Å²) in [6.45, 7) is 15.7. The van der Waals surface area contributed by atoms with Gasteiger partial charge in [0.05, 0.1) is 18.7 Å².